The quantitative estimate of drug-likeness (QED) is 0.656. The van der Waals surface area contributed by atoms with Crippen molar-refractivity contribution in [2.75, 3.05) is 13.7 Å². The van der Waals surface area contributed by atoms with Crippen molar-refractivity contribution in [1.82, 2.24) is 5.43 Å². The van der Waals surface area contributed by atoms with Crippen molar-refractivity contribution < 1.29 is 4.74 Å². The Labute approximate surface area is 96.7 Å². The number of rotatable bonds is 4. The molecule has 0 bridgehead atoms. The van der Waals surface area contributed by atoms with Crippen LogP contribution in [0.5, 0.6) is 0 Å². The van der Waals surface area contributed by atoms with E-state index in [0.29, 0.717) is 11.6 Å². The Morgan fingerprint density at radius 2 is 2.36 bits per heavy atom. The van der Waals surface area contributed by atoms with Crippen LogP contribution >= 0.6 is 27.5 Å². The molecule has 0 amide bonds. The van der Waals surface area contributed by atoms with E-state index in [0.717, 1.165) is 10.0 Å². The summed E-state index contributed by atoms with van der Waals surface area (Å²) >= 11 is 9.41. The maximum absolute atomic E-state index is 6.03. The Morgan fingerprint density at radius 1 is 1.64 bits per heavy atom. The summed E-state index contributed by atoms with van der Waals surface area (Å²) in [5.41, 5.74) is 3.58. The van der Waals surface area contributed by atoms with Crippen LogP contribution in [0.2, 0.25) is 5.02 Å². The fourth-order valence-electron chi connectivity index (χ4n) is 1.18. The Balaban J connectivity index is 2.96. The van der Waals surface area contributed by atoms with Crippen molar-refractivity contribution >= 4 is 27.5 Å². The van der Waals surface area contributed by atoms with Gasteiger partial charge >= 0.3 is 0 Å². The minimum absolute atomic E-state index is 0.0926. The molecule has 0 aliphatic rings. The molecule has 78 valence electrons. The second-order valence-electron chi connectivity index (χ2n) is 2.84. The van der Waals surface area contributed by atoms with E-state index in [1.54, 1.807) is 7.11 Å². The Bertz CT molecular complexity index is 309. The molecule has 1 unspecified atom stereocenters. The van der Waals surface area contributed by atoms with Crippen LogP contribution in [0.25, 0.3) is 0 Å². The van der Waals surface area contributed by atoms with Gasteiger partial charge in [0.25, 0.3) is 0 Å². The topological polar surface area (TPSA) is 47.3 Å². The van der Waals surface area contributed by atoms with Gasteiger partial charge in [0.15, 0.2) is 0 Å². The summed E-state index contributed by atoms with van der Waals surface area (Å²) in [6.45, 7) is 0.479. The summed E-state index contributed by atoms with van der Waals surface area (Å²) in [6, 6.07) is 5.53. The Hall–Kier alpha value is -0.130. The van der Waals surface area contributed by atoms with Crippen molar-refractivity contribution in [3.05, 3.63) is 33.3 Å². The SMILES string of the molecule is COCC(NN)c1cc(Br)ccc1Cl. The van der Waals surface area contributed by atoms with Crippen LogP contribution in [0.3, 0.4) is 0 Å². The number of hydrogen-bond donors (Lipinski definition) is 2. The van der Waals surface area contributed by atoms with E-state index in [4.69, 9.17) is 22.2 Å². The minimum Gasteiger partial charge on any atom is -0.383 e. The van der Waals surface area contributed by atoms with Crippen LogP contribution in [-0.2, 0) is 4.74 Å². The van der Waals surface area contributed by atoms with Crippen LogP contribution in [0.15, 0.2) is 22.7 Å². The number of benzene rings is 1. The molecule has 0 saturated carbocycles. The fraction of sp³-hybridized carbons (Fsp3) is 0.333. The molecule has 1 rings (SSSR count). The lowest BCUT2D eigenvalue weighted by Gasteiger charge is -2.16. The van der Waals surface area contributed by atoms with Crippen LogP contribution < -0.4 is 11.3 Å². The van der Waals surface area contributed by atoms with E-state index in [2.05, 4.69) is 21.4 Å². The zero-order chi connectivity index (χ0) is 10.6. The third kappa shape index (κ3) is 2.93. The Kier molecular flexibility index (Phi) is 4.84. The van der Waals surface area contributed by atoms with Gasteiger partial charge in [0.2, 0.25) is 0 Å². The highest BCUT2D eigenvalue weighted by molar-refractivity contribution is 9.10. The van der Waals surface area contributed by atoms with Gasteiger partial charge in [-0.2, -0.15) is 0 Å². The normalized spacial score (nSPS) is 12.9. The molecular formula is C9H12BrClN2O. The first-order chi connectivity index (χ1) is 6.69. The van der Waals surface area contributed by atoms with E-state index in [1.165, 1.54) is 0 Å². The lowest BCUT2D eigenvalue weighted by molar-refractivity contribution is 0.167. The summed E-state index contributed by atoms with van der Waals surface area (Å²) < 4.78 is 5.99. The molecular weight excluding hydrogens is 267 g/mol. The highest BCUT2D eigenvalue weighted by Gasteiger charge is 2.13. The van der Waals surface area contributed by atoms with Crippen molar-refractivity contribution in [2.24, 2.45) is 5.84 Å². The Morgan fingerprint density at radius 3 is 2.93 bits per heavy atom. The molecule has 1 aromatic rings. The second-order valence-corrected chi connectivity index (χ2v) is 4.16. The molecule has 0 aliphatic carbocycles. The van der Waals surface area contributed by atoms with Gasteiger partial charge in [-0.3, -0.25) is 11.3 Å². The minimum atomic E-state index is -0.0926. The average Bonchev–Trinajstić information content (AvgIpc) is 2.18. The molecule has 0 saturated heterocycles. The van der Waals surface area contributed by atoms with Gasteiger partial charge in [-0.25, -0.2) is 0 Å². The molecule has 0 aromatic heterocycles. The van der Waals surface area contributed by atoms with Crippen LogP contribution in [0.1, 0.15) is 11.6 Å². The lowest BCUT2D eigenvalue weighted by Crippen LogP contribution is -2.31. The highest BCUT2D eigenvalue weighted by atomic mass is 79.9. The molecule has 3 N–H and O–H groups in total. The van der Waals surface area contributed by atoms with Gasteiger partial charge in [-0.05, 0) is 23.8 Å². The largest absolute Gasteiger partial charge is 0.383 e. The third-order valence-electron chi connectivity index (χ3n) is 1.87. The number of nitrogens with two attached hydrogens (primary N) is 1. The molecule has 1 aromatic carbocycles. The van der Waals surface area contributed by atoms with Gasteiger partial charge < -0.3 is 4.74 Å². The second kappa shape index (κ2) is 5.68. The monoisotopic (exact) mass is 278 g/mol. The average molecular weight is 280 g/mol. The van der Waals surface area contributed by atoms with Crippen LogP contribution in [0.4, 0.5) is 0 Å². The van der Waals surface area contributed by atoms with Gasteiger partial charge in [0, 0.05) is 16.6 Å². The fourth-order valence-corrected chi connectivity index (χ4v) is 1.80. The van der Waals surface area contributed by atoms with Gasteiger partial charge in [0.05, 0.1) is 12.6 Å². The van der Waals surface area contributed by atoms with Crippen LogP contribution in [0, 0.1) is 0 Å². The van der Waals surface area contributed by atoms with E-state index in [1.807, 2.05) is 18.2 Å². The number of hydrogen-bond acceptors (Lipinski definition) is 3. The molecule has 5 heteroatoms. The summed E-state index contributed by atoms with van der Waals surface area (Å²) in [6.07, 6.45) is 0. The zero-order valence-electron chi connectivity index (χ0n) is 7.76. The summed E-state index contributed by atoms with van der Waals surface area (Å²) in [5, 5.41) is 0.674. The number of ether oxygens (including phenoxy) is 1. The molecule has 14 heavy (non-hydrogen) atoms. The number of halogens is 2. The summed E-state index contributed by atoms with van der Waals surface area (Å²) in [4.78, 5) is 0. The number of nitrogens with one attached hydrogen (secondary N) is 1. The molecule has 0 heterocycles. The van der Waals surface area contributed by atoms with Crippen molar-refractivity contribution in [1.29, 1.82) is 0 Å². The van der Waals surface area contributed by atoms with Gasteiger partial charge in [-0.15, -0.1) is 0 Å². The third-order valence-corrected chi connectivity index (χ3v) is 2.71. The zero-order valence-corrected chi connectivity index (χ0v) is 10.1. The first-order valence-corrected chi connectivity index (χ1v) is 5.26. The summed E-state index contributed by atoms with van der Waals surface area (Å²) in [7, 11) is 1.62. The number of hydrazine groups is 1. The van der Waals surface area contributed by atoms with E-state index in [-0.39, 0.29) is 6.04 Å². The molecule has 0 aliphatic heterocycles. The molecule has 0 radical (unpaired) electrons. The van der Waals surface area contributed by atoms with E-state index < -0.39 is 0 Å². The highest BCUT2D eigenvalue weighted by Crippen LogP contribution is 2.26. The smallest absolute Gasteiger partial charge is 0.0708 e. The summed E-state index contributed by atoms with van der Waals surface area (Å²) in [5.74, 6) is 5.41. The molecule has 0 fully saturated rings. The van der Waals surface area contributed by atoms with Crippen molar-refractivity contribution in [2.45, 2.75) is 6.04 Å². The molecule has 0 spiro atoms. The predicted molar refractivity (Wildman–Crippen MR) is 61.1 cm³/mol. The standard InChI is InChI=1S/C9H12BrClN2O/c1-14-5-9(13-12)7-4-6(10)2-3-8(7)11/h2-4,9,13H,5,12H2,1H3. The van der Waals surface area contributed by atoms with Crippen LogP contribution in [-0.4, -0.2) is 13.7 Å². The van der Waals surface area contributed by atoms with E-state index in [9.17, 15) is 0 Å². The van der Waals surface area contributed by atoms with Gasteiger partial charge in [-0.1, -0.05) is 27.5 Å². The lowest BCUT2D eigenvalue weighted by atomic mass is 10.1. The molecule has 3 nitrogen and oxygen atoms in total. The first kappa shape index (κ1) is 11.9. The molecule has 1 atom stereocenters. The maximum atomic E-state index is 6.03. The van der Waals surface area contributed by atoms with Crippen molar-refractivity contribution in [3.63, 3.8) is 0 Å². The van der Waals surface area contributed by atoms with Gasteiger partial charge in [0.1, 0.15) is 0 Å². The first-order valence-electron chi connectivity index (χ1n) is 4.09. The maximum Gasteiger partial charge on any atom is 0.0708 e. The van der Waals surface area contributed by atoms with E-state index >= 15 is 0 Å². The van der Waals surface area contributed by atoms with Crippen molar-refractivity contribution in [3.8, 4) is 0 Å². The number of methoxy groups -OCH3 is 1. The predicted octanol–water partition coefficient (Wildman–Crippen LogP) is 2.25.